The van der Waals surface area contributed by atoms with Crippen molar-refractivity contribution < 1.29 is 18.0 Å². The van der Waals surface area contributed by atoms with Crippen molar-refractivity contribution in [3.8, 4) is 0 Å². The predicted octanol–water partition coefficient (Wildman–Crippen LogP) is 7.97. The smallest absolute Gasteiger partial charge is 0.264 e. The summed E-state index contributed by atoms with van der Waals surface area (Å²) in [7, 11) is -4.35. The molecule has 1 atom stereocenters. The molecular weight excluding hydrogens is 688 g/mol. The quantitative estimate of drug-likeness (QED) is 0.161. The van der Waals surface area contributed by atoms with E-state index in [0.29, 0.717) is 10.6 Å². The molecule has 0 bridgehead atoms. The Hall–Kier alpha value is -3.27. The fourth-order valence-electron chi connectivity index (χ4n) is 4.80. The van der Waals surface area contributed by atoms with Crippen LogP contribution in [0.4, 0.5) is 5.69 Å². The number of rotatable bonds is 12. The third-order valence-electron chi connectivity index (χ3n) is 7.15. The zero-order valence-electron chi connectivity index (χ0n) is 25.4. The lowest BCUT2D eigenvalue weighted by atomic mass is 10.0. The van der Waals surface area contributed by atoms with Crippen LogP contribution in [-0.4, -0.2) is 43.8 Å². The van der Waals surface area contributed by atoms with Gasteiger partial charge in [0, 0.05) is 29.1 Å². The van der Waals surface area contributed by atoms with Gasteiger partial charge < -0.3 is 10.2 Å². The fraction of sp³-hybridized carbons (Fsp3) is 0.235. The normalized spacial score (nSPS) is 12.1. The van der Waals surface area contributed by atoms with Crippen LogP contribution in [0.15, 0.2) is 95.9 Å². The van der Waals surface area contributed by atoms with Crippen molar-refractivity contribution in [1.29, 1.82) is 0 Å². The molecule has 4 aromatic carbocycles. The number of nitrogens with zero attached hydrogens (tertiary/aromatic N) is 2. The van der Waals surface area contributed by atoms with E-state index in [2.05, 4.69) is 5.32 Å². The molecule has 0 spiro atoms. The minimum Gasteiger partial charge on any atom is -0.352 e. The first-order chi connectivity index (χ1) is 21.8. The molecule has 46 heavy (non-hydrogen) atoms. The van der Waals surface area contributed by atoms with Gasteiger partial charge in [0.15, 0.2) is 0 Å². The number of aryl methyl sites for hydroxylation is 1. The lowest BCUT2D eigenvalue weighted by Crippen LogP contribution is -2.54. The van der Waals surface area contributed by atoms with E-state index >= 15 is 0 Å². The number of amides is 2. The second-order valence-electron chi connectivity index (χ2n) is 11.0. The summed E-state index contributed by atoms with van der Waals surface area (Å²) in [5, 5.41) is 3.67. The van der Waals surface area contributed by atoms with Crippen molar-refractivity contribution in [2.75, 3.05) is 10.8 Å². The van der Waals surface area contributed by atoms with Crippen molar-refractivity contribution in [3.63, 3.8) is 0 Å². The molecule has 0 heterocycles. The highest BCUT2D eigenvalue weighted by Gasteiger charge is 2.36. The molecule has 242 valence electrons. The number of halogens is 4. The molecule has 0 aromatic heterocycles. The second kappa shape index (κ2) is 15.5. The van der Waals surface area contributed by atoms with Gasteiger partial charge in [0.2, 0.25) is 11.8 Å². The Labute approximate surface area is 290 Å². The Morgan fingerprint density at radius 3 is 2.13 bits per heavy atom. The molecule has 0 fully saturated rings. The van der Waals surface area contributed by atoms with Crippen molar-refractivity contribution >= 4 is 73.9 Å². The molecule has 0 unspecified atom stereocenters. The van der Waals surface area contributed by atoms with Gasteiger partial charge in [0.25, 0.3) is 10.0 Å². The average molecular weight is 722 g/mol. The van der Waals surface area contributed by atoms with Crippen molar-refractivity contribution in [3.05, 3.63) is 128 Å². The number of sulfonamides is 1. The second-order valence-corrected chi connectivity index (χ2v) is 14.5. The fourth-order valence-corrected chi connectivity index (χ4v) is 7.15. The Kier molecular flexibility index (Phi) is 12.0. The van der Waals surface area contributed by atoms with Gasteiger partial charge in [0.1, 0.15) is 12.6 Å². The minimum absolute atomic E-state index is 0.0128. The molecule has 2 amide bonds. The molecule has 0 saturated heterocycles. The monoisotopic (exact) mass is 719 g/mol. The molecule has 0 saturated carbocycles. The van der Waals surface area contributed by atoms with E-state index in [9.17, 15) is 18.0 Å². The van der Waals surface area contributed by atoms with Crippen LogP contribution < -0.4 is 9.62 Å². The summed E-state index contributed by atoms with van der Waals surface area (Å²) in [5.74, 6) is -1.08. The van der Waals surface area contributed by atoms with E-state index in [-0.39, 0.29) is 44.7 Å². The van der Waals surface area contributed by atoms with Crippen LogP contribution in [0.5, 0.6) is 0 Å². The van der Waals surface area contributed by atoms with E-state index in [1.807, 2.05) is 51.1 Å². The Bertz CT molecular complexity index is 1800. The van der Waals surface area contributed by atoms with Crippen molar-refractivity contribution in [2.45, 2.75) is 50.7 Å². The topological polar surface area (TPSA) is 86.8 Å². The van der Waals surface area contributed by atoms with Crippen LogP contribution >= 0.6 is 46.4 Å². The minimum atomic E-state index is -4.35. The molecular formula is C34H33Cl4N3O4S. The average Bonchev–Trinajstić information content (AvgIpc) is 3.00. The van der Waals surface area contributed by atoms with Gasteiger partial charge in [-0.05, 0) is 68.3 Å². The van der Waals surface area contributed by atoms with Crippen LogP contribution in [0.25, 0.3) is 0 Å². The summed E-state index contributed by atoms with van der Waals surface area (Å²) in [4.78, 5) is 29.7. The standard InChI is InChI=1S/C34H33Cl4N3O4S/c1-22(2)39-34(43)31(18-24-8-5-4-6-9-24)40(20-25-14-15-26(35)19-29(25)37)32(42)21-41(30-11-7-10-28(36)33(30)38)46(44,45)27-16-12-23(3)13-17-27/h4-17,19,22,31H,18,20-21H2,1-3H3,(H,39,43)/t31-/m1/s1. The lowest BCUT2D eigenvalue weighted by molar-refractivity contribution is -0.140. The highest BCUT2D eigenvalue weighted by Crippen LogP contribution is 2.36. The summed E-state index contributed by atoms with van der Waals surface area (Å²) in [6.07, 6.45) is 0.152. The van der Waals surface area contributed by atoms with E-state index < -0.39 is 34.4 Å². The zero-order valence-corrected chi connectivity index (χ0v) is 29.2. The van der Waals surface area contributed by atoms with Crippen LogP contribution in [0, 0.1) is 6.92 Å². The van der Waals surface area contributed by atoms with Gasteiger partial charge in [-0.1, -0.05) is 107 Å². The number of hydrogen-bond donors (Lipinski definition) is 1. The predicted molar refractivity (Wildman–Crippen MR) is 186 cm³/mol. The SMILES string of the molecule is Cc1ccc(S(=O)(=O)N(CC(=O)N(Cc2ccc(Cl)cc2Cl)[C@H](Cc2ccccc2)C(=O)NC(C)C)c2cccc(Cl)c2Cl)cc1. The molecule has 1 N–H and O–H groups in total. The lowest BCUT2D eigenvalue weighted by Gasteiger charge is -2.34. The summed E-state index contributed by atoms with van der Waals surface area (Å²) in [5.41, 5.74) is 2.18. The third-order valence-corrected chi connectivity index (χ3v) is 10.3. The molecule has 0 radical (unpaired) electrons. The Balaban J connectivity index is 1.86. The van der Waals surface area contributed by atoms with Gasteiger partial charge >= 0.3 is 0 Å². The van der Waals surface area contributed by atoms with E-state index in [4.69, 9.17) is 46.4 Å². The van der Waals surface area contributed by atoms with Crippen molar-refractivity contribution in [1.82, 2.24) is 10.2 Å². The maximum atomic E-state index is 14.6. The van der Waals surface area contributed by atoms with Gasteiger partial charge in [0.05, 0.1) is 20.6 Å². The summed E-state index contributed by atoms with van der Waals surface area (Å²) in [6.45, 7) is 4.66. The van der Waals surface area contributed by atoms with Gasteiger partial charge in [-0.2, -0.15) is 0 Å². The number of carbonyl (C=O) groups is 2. The number of nitrogens with one attached hydrogen (secondary N) is 1. The molecule has 0 aliphatic heterocycles. The number of hydrogen-bond acceptors (Lipinski definition) is 4. The van der Waals surface area contributed by atoms with Gasteiger partial charge in [-0.25, -0.2) is 8.42 Å². The summed E-state index contributed by atoms with van der Waals surface area (Å²) in [6, 6.07) is 23.6. The van der Waals surface area contributed by atoms with Gasteiger partial charge in [-0.3, -0.25) is 13.9 Å². The van der Waals surface area contributed by atoms with E-state index in [0.717, 1.165) is 15.4 Å². The van der Waals surface area contributed by atoms with E-state index in [1.165, 1.54) is 29.2 Å². The zero-order chi connectivity index (χ0) is 33.6. The molecule has 4 aromatic rings. The maximum Gasteiger partial charge on any atom is 0.264 e. The molecule has 12 heteroatoms. The van der Waals surface area contributed by atoms with Crippen LogP contribution in [0.3, 0.4) is 0 Å². The molecule has 0 aliphatic rings. The third kappa shape index (κ3) is 8.75. The molecule has 0 aliphatic carbocycles. The highest BCUT2D eigenvalue weighted by molar-refractivity contribution is 7.92. The van der Waals surface area contributed by atoms with Crippen LogP contribution in [0.1, 0.15) is 30.5 Å². The van der Waals surface area contributed by atoms with E-state index in [1.54, 1.807) is 36.4 Å². The number of carbonyl (C=O) groups excluding carboxylic acids is 2. The summed E-state index contributed by atoms with van der Waals surface area (Å²) >= 11 is 25.6. The Morgan fingerprint density at radius 2 is 1.50 bits per heavy atom. The summed E-state index contributed by atoms with van der Waals surface area (Å²) < 4.78 is 29.3. The number of anilines is 1. The Morgan fingerprint density at radius 1 is 0.826 bits per heavy atom. The first-order valence-corrected chi connectivity index (χ1v) is 17.3. The van der Waals surface area contributed by atoms with Crippen LogP contribution in [0.2, 0.25) is 20.1 Å². The first kappa shape index (κ1) is 35.6. The number of benzene rings is 4. The van der Waals surface area contributed by atoms with Gasteiger partial charge in [-0.15, -0.1) is 0 Å². The first-order valence-electron chi connectivity index (χ1n) is 14.4. The van der Waals surface area contributed by atoms with Crippen LogP contribution in [-0.2, 0) is 32.6 Å². The highest BCUT2D eigenvalue weighted by atomic mass is 35.5. The molecule has 4 rings (SSSR count). The largest absolute Gasteiger partial charge is 0.352 e. The van der Waals surface area contributed by atoms with Crippen molar-refractivity contribution in [2.24, 2.45) is 0 Å². The maximum absolute atomic E-state index is 14.6. The molecule has 7 nitrogen and oxygen atoms in total.